The highest BCUT2D eigenvalue weighted by Gasteiger charge is 2.14. The Balaban J connectivity index is 2.32. The van der Waals surface area contributed by atoms with E-state index < -0.39 is 0 Å². The summed E-state index contributed by atoms with van der Waals surface area (Å²) >= 11 is 0. The van der Waals surface area contributed by atoms with E-state index in [9.17, 15) is 9.59 Å². The van der Waals surface area contributed by atoms with Crippen LogP contribution in [-0.2, 0) is 20.6 Å². The predicted molar refractivity (Wildman–Crippen MR) is 75.8 cm³/mol. The number of rotatable bonds is 2. The molecule has 0 bridgehead atoms. The molecule has 3 rings (SSSR count). The van der Waals surface area contributed by atoms with Crippen molar-refractivity contribution in [3.63, 3.8) is 0 Å². The van der Waals surface area contributed by atoms with Crippen molar-refractivity contribution >= 4 is 11.2 Å². The largest absolute Gasteiger partial charge is 0.332 e. The molecule has 2 aromatic heterocycles. The highest BCUT2D eigenvalue weighted by atomic mass is 16.2. The molecule has 2 heterocycles. The van der Waals surface area contributed by atoms with Gasteiger partial charge in [0.25, 0.3) is 5.56 Å². The van der Waals surface area contributed by atoms with Gasteiger partial charge in [-0.25, -0.2) is 9.78 Å². The molecule has 0 saturated heterocycles. The van der Waals surface area contributed by atoms with Crippen molar-refractivity contribution in [3.8, 4) is 0 Å². The van der Waals surface area contributed by atoms with E-state index in [-0.39, 0.29) is 11.2 Å². The molecule has 0 saturated carbocycles. The van der Waals surface area contributed by atoms with Crippen molar-refractivity contribution in [3.05, 3.63) is 63.1 Å². The third kappa shape index (κ3) is 1.77. The first-order valence-corrected chi connectivity index (χ1v) is 6.24. The summed E-state index contributed by atoms with van der Waals surface area (Å²) in [5.74, 6) is 0. The minimum atomic E-state index is -0.366. The third-order valence-corrected chi connectivity index (χ3v) is 3.37. The number of fused-ring (bicyclic) bond motifs is 1. The third-order valence-electron chi connectivity index (χ3n) is 3.37. The number of imidazole rings is 1. The minimum absolute atomic E-state index is 0.311. The fraction of sp³-hybridized carbons (Fsp3) is 0.214. The maximum Gasteiger partial charge on any atom is 0.332 e. The fourth-order valence-corrected chi connectivity index (χ4v) is 2.32. The second-order valence-electron chi connectivity index (χ2n) is 4.75. The van der Waals surface area contributed by atoms with E-state index in [1.165, 1.54) is 7.05 Å². The Labute approximate surface area is 114 Å². The first-order valence-electron chi connectivity index (χ1n) is 6.24. The number of aromatic nitrogens is 4. The van der Waals surface area contributed by atoms with Crippen LogP contribution in [0, 0.1) is 0 Å². The van der Waals surface area contributed by atoms with Gasteiger partial charge in [0.05, 0.1) is 12.9 Å². The lowest BCUT2D eigenvalue weighted by Crippen LogP contribution is -2.38. The SMILES string of the molecule is Cn1c(=O)c2ncn(C)c2n(Cc2ccccc2)c1=O. The Hall–Kier alpha value is -2.63. The molecule has 0 radical (unpaired) electrons. The molecule has 6 nitrogen and oxygen atoms in total. The molecule has 0 aliphatic rings. The van der Waals surface area contributed by atoms with E-state index in [1.807, 2.05) is 30.3 Å². The van der Waals surface area contributed by atoms with Gasteiger partial charge in [0.15, 0.2) is 5.52 Å². The Morgan fingerprint density at radius 3 is 2.50 bits per heavy atom. The summed E-state index contributed by atoms with van der Waals surface area (Å²) in [6, 6.07) is 9.65. The van der Waals surface area contributed by atoms with E-state index in [0.717, 1.165) is 10.1 Å². The smallest absolute Gasteiger partial charge is 0.320 e. The molecule has 0 fully saturated rings. The zero-order chi connectivity index (χ0) is 14.3. The van der Waals surface area contributed by atoms with Crippen LogP contribution in [0.15, 0.2) is 46.2 Å². The zero-order valence-corrected chi connectivity index (χ0v) is 11.3. The Kier molecular flexibility index (Phi) is 2.78. The summed E-state index contributed by atoms with van der Waals surface area (Å²) in [6.07, 6.45) is 1.55. The number of nitrogens with zero attached hydrogens (tertiary/aromatic N) is 4. The molecule has 3 aromatic rings. The van der Waals surface area contributed by atoms with Crippen LogP contribution in [-0.4, -0.2) is 18.7 Å². The highest BCUT2D eigenvalue weighted by molar-refractivity contribution is 5.69. The molecule has 0 unspecified atom stereocenters. The van der Waals surface area contributed by atoms with E-state index >= 15 is 0 Å². The second-order valence-corrected chi connectivity index (χ2v) is 4.75. The lowest BCUT2D eigenvalue weighted by atomic mass is 10.2. The second kappa shape index (κ2) is 4.48. The van der Waals surface area contributed by atoms with Gasteiger partial charge in [0.2, 0.25) is 0 Å². The van der Waals surface area contributed by atoms with Crippen LogP contribution in [0.2, 0.25) is 0 Å². The summed E-state index contributed by atoms with van der Waals surface area (Å²) < 4.78 is 4.36. The molecule has 102 valence electrons. The van der Waals surface area contributed by atoms with Gasteiger partial charge < -0.3 is 4.57 Å². The van der Waals surface area contributed by atoms with Gasteiger partial charge in [-0.05, 0) is 5.56 Å². The first kappa shape index (κ1) is 12.4. The average Bonchev–Trinajstić information content (AvgIpc) is 2.84. The van der Waals surface area contributed by atoms with Crippen molar-refractivity contribution in [1.82, 2.24) is 18.7 Å². The molecule has 0 aliphatic heterocycles. The van der Waals surface area contributed by atoms with Crippen molar-refractivity contribution in [2.75, 3.05) is 0 Å². The Bertz CT molecular complexity index is 887. The van der Waals surface area contributed by atoms with Crippen molar-refractivity contribution in [2.24, 2.45) is 14.1 Å². The van der Waals surface area contributed by atoms with Crippen LogP contribution in [0.5, 0.6) is 0 Å². The van der Waals surface area contributed by atoms with Crippen molar-refractivity contribution < 1.29 is 0 Å². The maximum atomic E-state index is 12.3. The average molecular weight is 270 g/mol. The quantitative estimate of drug-likeness (QED) is 0.680. The van der Waals surface area contributed by atoms with Crippen LogP contribution in [0.25, 0.3) is 11.2 Å². The lowest BCUT2D eigenvalue weighted by molar-refractivity contribution is 0.658. The van der Waals surface area contributed by atoms with Crippen molar-refractivity contribution in [2.45, 2.75) is 6.54 Å². The zero-order valence-electron chi connectivity index (χ0n) is 11.3. The van der Waals surface area contributed by atoms with Gasteiger partial charge in [-0.2, -0.15) is 0 Å². The number of hydrogen-bond acceptors (Lipinski definition) is 3. The molecule has 6 heteroatoms. The standard InChI is InChI=1S/C14H14N4O2/c1-16-9-15-11-12(16)18(14(20)17(2)13(11)19)8-10-6-4-3-5-7-10/h3-7,9H,8H2,1-2H3. The summed E-state index contributed by atoms with van der Waals surface area (Å²) in [4.78, 5) is 28.5. The molecular weight excluding hydrogens is 256 g/mol. The lowest BCUT2D eigenvalue weighted by Gasteiger charge is -2.10. The minimum Gasteiger partial charge on any atom is -0.320 e. The van der Waals surface area contributed by atoms with E-state index in [0.29, 0.717) is 17.7 Å². The molecule has 0 N–H and O–H groups in total. The molecular formula is C14H14N4O2. The van der Waals surface area contributed by atoms with Gasteiger partial charge in [0.1, 0.15) is 5.65 Å². The maximum absolute atomic E-state index is 12.3. The van der Waals surface area contributed by atoms with E-state index in [2.05, 4.69) is 4.98 Å². The summed E-state index contributed by atoms with van der Waals surface area (Å²) in [5, 5.41) is 0. The number of hydrogen-bond donors (Lipinski definition) is 0. The van der Waals surface area contributed by atoms with Gasteiger partial charge in [0, 0.05) is 14.1 Å². The molecule has 20 heavy (non-hydrogen) atoms. The van der Waals surface area contributed by atoms with Gasteiger partial charge in [-0.15, -0.1) is 0 Å². The monoisotopic (exact) mass is 270 g/mol. The molecule has 0 amide bonds. The van der Waals surface area contributed by atoms with Gasteiger partial charge in [-0.1, -0.05) is 30.3 Å². The molecule has 1 aromatic carbocycles. The van der Waals surface area contributed by atoms with Crippen LogP contribution < -0.4 is 11.2 Å². The summed E-state index contributed by atoms with van der Waals surface area (Å²) in [7, 11) is 3.25. The number of benzene rings is 1. The highest BCUT2D eigenvalue weighted by Crippen LogP contribution is 2.08. The topological polar surface area (TPSA) is 61.8 Å². The van der Waals surface area contributed by atoms with E-state index in [1.54, 1.807) is 22.5 Å². The molecule has 0 spiro atoms. The Morgan fingerprint density at radius 2 is 1.80 bits per heavy atom. The fourth-order valence-electron chi connectivity index (χ4n) is 2.32. The predicted octanol–water partition coefficient (Wildman–Crippen LogP) is 0.482. The van der Waals surface area contributed by atoms with Crippen LogP contribution in [0.3, 0.4) is 0 Å². The van der Waals surface area contributed by atoms with Crippen molar-refractivity contribution in [1.29, 1.82) is 0 Å². The van der Waals surface area contributed by atoms with Crippen LogP contribution in [0.1, 0.15) is 5.56 Å². The van der Waals surface area contributed by atoms with Gasteiger partial charge >= 0.3 is 5.69 Å². The van der Waals surface area contributed by atoms with Crippen LogP contribution >= 0.6 is 0 Å². The Morgan fingerprint density at radius 1 is 1.10 bits per heavy atom. The summed E-state index contributed by atoms with van der Waals surface area (Å²) in [5.41, 5.74) is 1.15. The summed E-state index contributed by atoms with van der Waals surface area (Å²) in [6.45, 7) is 0.407. The molecule has 0 aliphatic carbocycles. The first-order chi connectivity index (χ1) is 9.59. The number of aryl methyl sites for hydroxylation is 1. The molecule has 0 atom stereocenters. The van der Waals surface area contributed by atoms with E-state index in [4.69, 9.17) is 0 Å². The van der Waals surface area contributed by atoms with Gasteiger partial charge in [-0.3, -0.25) is 13.9 Å². The van der Waals surface area contributed by atoms with Crippen LogP contribution in [0.4, 0.5) is 0 Å². The normalized spacial score (nSPS) is 11.1.